The molecule has 1 heterocycles. The molecule has 168 valence electrons. The Morgan fingerprint density at radius 2 is 2.07 bits per heavy atom. The number of carbonyl (C=O) groups excluding carboxylic acids is 1. The van der Waals surface area contributed by atoms with Crippen molar-refractivity contribution in [2.45, 2.75) is 91.5 Å². The second-order valence-corrected chi connectivity index (χ2v) is 9.29. The van der Waals surface area contributed by atoms with Gasteiger partial charge in [0.05, 0.1) is 12.7 Å². The van der Waals surface area contributed by atoms with Crippen molar-refractivity contribution in [2.24, 2.45) is 5.41 Å². The van der Waals surface area contributed by atoms with Gasteiger partial charge in [0.2, 0.25) is 6.29 Å². The minimum atomic E-state index is -1.38. The maximum atomic E-state index is 11.1. The Bertz CT molecular complexity index is 739. The summed E-state index contributed by atoms with van der Waals surface area (Å²) in [5.74, 6) is -0.647. The molecule has 0 fully saturated rings. The first-order valence-corrected chi connectivity index (χ1v) is 11.1. The lowest BCUT2D eigenvalue weighted by atomic mass is 9.71. The van der Waals surface area contributed by atoms with Crippen LogP contribution in [0.5, 0.6) is 0 Å². The number of hydrogen-bond acceptors (Lipinski definition) is 5. The molecule has 1 aliphatic carbocycles. The highest BCUT2D eigenvalue weighted by molar-refractivity contribution is 5.85. The lowest BCUT2D eigenvalue weighted by Crippen LogP contribution is -2.20. The summed E-state index contributed by atoms with van der Waals surface area (Å²) in [6, 6.07) is 0. The van der Waals surface area contributed by atoms with E-state index in [-0.39, 0.29) is 18.6 Å². The Kier molecular flexibility index (Phi) is 9.08. The van der Waals surface area contributed by atoms with Crippen LogP contribution in [0.3, 0.4) is 0 Å². The van der Waals surface area contributed by atoms with Crippen molar-refractivity contribution in [2.75, 3.05) is 6.61 Å². The van der Waals surface area contributed by atoms with E-state index in [1.165, 1.54) is 24.8 Å². The van der Waals surface area contributed by atoms with E-state index in [4.69, 9.17) is 0 Å². The molecule has 0 aromatic carbocycles. The predicted molar refractivity (Wildman–Crippen MR) is 119 cm³/mol. The number of hydrogen-bond donors (Lipinski definition) is 3. The lowest BCUT2D eigenvalue weighted by Gasteiger charge is -2.35. The van der Waals surface area contributed by atoms with Crippen LogP contribution >= 0.6 is 0 Å². The van der Waals surface area contributed by atoms with E-state index in [9.17, 15) is 20.1 Å². The minimum absolute atomic E-state index is 0.0725. The second-order valence-electron chi connectivity index (χ2n) is 9.29. The van der Waals surface area contributed by atoms with Gasteiger partial charge in [0.1, 0.15) is 0 Å². The standard InChI is InChI=1S/C25H38O5/c1-17(10-12-21-18(2)8-6-14-25(21,3)4)7-5-9-19(16-26)11-13-22(27)20-15-23(28)30-24(20)29/h7,11,15,22,24,26-27,29H,5-6,8-10,12-14,16H2,1-4H3/b17-7+,19-11+/t22-,24-/m1/s1. The Morgan fingerprint density at radius 3 is 2.67 bits per heavy atom. The van der Waals surface area contributed by atoms with Crippen LogP contribution in [0.4, 0.5) is 0 Å². The molecule has 0 aromatic rings. The fourth-order valence-corrected chi connectivity index (χ4v) is 4.50. The van der Waals surface area contributed by atoms with Crippen LogP contribution in [0.1, 0.15) is 79.1 Å². The lowest BCUT2D eigenvalue weighted by molar-refractivity contribution is -0.151. The summed E-state index contributed by atoms with van der Waals surface area (Å²) in [5.41, 5.74) is 5.87. The van der Waals surface area contributed by atoms with E-state index in [0.717, 1.165) is 30.9 Å². The zero-order valence-corrected chi connectivity index (χ0v) is 18.9. The Labute approximate surface area is 180 Å². The summed E-state index contributed by atoms with van der Waals surface area (Å²) in [7, 11) is 0. The second kappa shape index (κ2) is 11.1. The molecule has 0 saturated carbocycles. The normalized spacial score (nSPS) is 23.5. The van der Waals surface area contributed by atoms with E-state index in [2.05, 4.69) is 38.5 Å². The Morgan fingerprint density at radius 1 is 1.33 bits per heavy atom. The number of aliphatic hydroxyl groups is 3. The molecule has 0 bridgehead atoms. The van der Waals surface area contributed by atoms with Gasteiger partial charge in [0.25, 0.3) is 0 Å². The quantitative estimate of drug-likeness (QED) is 0.359. The van der Waals surface area contributed by atoms with Gasteiger partial charge in [-0.2, -0.15) is 0 Å². The first-order chi connectivity index (χ1) is 14.1. The average Bonchev–Trinajstić information content (AvgIpc) is 3.01. The molecule has 5 heteroatoms. The van der Waals surface area contributed by atoms with Crippen molar-refractivity contribution in [3.05, 3.63) is 46.1 Å². The Balaban J connectivity index is 1.82. The van der Waals surface area contributed by atoms with E-state index in [0.29, 0.717) is 11.8 Å². The molecular weight excluding hydrogens is 380 g/mol. The van der Waals surface area contributed by atoms with Crippen LogP contribution < -0.4 is 0 Å². The van der Waals surface area contributed by atoms with Crippen molar-refractivity contribution < 1.29 is 24.9 Å². The van der Waals surface area contributed by atoms with Gasteiger partial charge < -0.3 is 20.1 Å². The van der Waals surface area contributed by atoms with Crippen molar-refractivity contribution in [1.29, 1.82) is 0 Å². The van der Waals surface area contributed by atoms with Crippen LogP contribution in [-0.2, 0) is 9.53 Å². The molecule has 2 rings (SSSR count). The minimum Gasteiger partial charge on any atom is -0.429 e. The third-order valence-corrected chi connectivity index (χ3v) is 6.43. The van der Waals surface area contributed by atoms with Crippen LogP contribution in [0, 0.1) is 5.41 Å². The molecule has 5 nitrogen and oxygen atoms in total. The largest absolute Gasteiger partial charge is 0.429 e. The molecule has 0 aromatic heterocycles. The highest BCUT2D eigenvalue weighted by Gasteiger charge is 2.29. The summed E-state index contributed by atoms with van der Waals surface area (Å²) in [4.78, 5) is 11.1. The SMILES string of the molecule is CC1=C(CC/C(C)=C/CC/C(=C\C[C@@H](O)C2=CC(=O)O[C@H]2O)CO)C(C)(C)CCC1. The maximum Gasteiger partial charge on any atom is 0.333 e. The molecule has 0 unspecified atom stereocenters. The number of esters is 1. The van der Waals surface area contributed by atoms with E-state index in [1.54, 1.807) is 17.2 Å². The average molecular weight is 419 g/mol. The smallest absolute Gasteiger partial charge is 0.333 e. The van der Waals surface area contributed by atoms with E-state index < -0.39 is 18.4 Å². The van der Waals surface area contributed by atoms with Gasteiger partial charge in [0.15, 0.2) is 0 Å². The molecule has 0 saturated heterocycles. The highest BCUT2D eigenvalue weighted by Crippen LogP contribution is 2.42. The van der Waals surface area contributed by atoms with Gasteiger partial charge in [-0.1, -0.05) is 42.7 Å². The molecular formula is C25H38O5. The molecule has 0 radical (unpaired) electrons. The number of allylic oxidation sites excluding steroid dienone is 4. The molecule has 2 atom stereocenters. The molecule has 2 aliphatic rings. The fourth-order valence-electron chi connectivity index (χ4n) is 4.50. The summed E-state index contributed by atoms with van der Waals surface area (Å²) in [5, 5.41) is 29.3. The predicted octanol–water partition coefficient (Wildman–Crippen LogP) is 4.49. The number of cyclic esters (lactones) is 1. The van der Waals surface area contributed by atoms with Gasteiger partial charge in [0, 0.05) is 11.6 Å². The van der Waals surface area contributed by atoms with Gasteiger partial charge in [-0.25, -0.2) is 4.79 Å². The van der Waals surface area contributed by atoms with Crippen molar-refractivity contribution in [3.63, 3.8) is 0 Å². The first-order valence-electron chi connectivity index (χ1n) is 11.1. The number of ether oxygens (including phenoxy) is 1. The van der Waals surface area contributed by atoms with E-state index >= 15 is 0 Å². The van der Waals surface area contributed by atoms with Gasteiger partial charge in [-0.05, 0) is 76.2 Å². The van der Waals surface area contributed by atoms with Crippen LogP contribution in [0.15, 0.2) is 46.1 Å². The molecule has 3 N–H and O–H groups in total. The van der Waals surface area contributed by atoms with E-state index in [1.807, 2.05) is 0 Å². The maximum absolute atomic E-state index is 11.1. The fraction of sp³-hybridized carbons (Fsp3) is 0.640. The van der Waals surface area contributed by atoms with Crippen molar-refractivity contribution >= 4 is 5.97 Å². The molecule has 1 aliphatic heterocycles. The van der Waals surface area contributed by atoms with Gasteiger partial charge in [-0.3, -0.25) is 0 Å². The van der Waals surface area contributed by atoms with Crippen LogP contribution in [-0.4, -0.2) is 40.3 Å². The highest BCUT2D eigenvalue weighted by atomic mass is 16.6. The summed E-state index contributed by atoms with van der Waals surface area (Å²) in [6.45, 7) is 9.10. The summed E-state index contributed by atoms with van der Waals surface area (Å²) in [6.07, 6.45) is 10.5. The number of rotatable bonds is 10. The van der Waals surface area contributed by atoms with Crippen LogP contribution in [0.25, 0.3) is 0 Å². The van der Waals surface area contributed by atoms with Gasteiger partial charge >= 0.3 is 5.97 Å². The van der Waals surface area contributed by atoms with Crippen molar-refractivity contribution in [3.8, 4) is 0 Å². The third kappa shape index (κ3) is 6.93. The first kappa shape index (κ1) is 24.6. The van der Waals surface area contributed by atoms with Gasteiger partial charge in [-0.15, -0.1) is 0 Å². The van der Waals surface area contributed by atoms with Crippen LogP contribution in [0.2, 0.25) is 0 Å². The zero-order valence-electron chi connectivity index (χ0n) is 18.9. The Hall–Kier alpha value is -1.69. The topological polar surface area (TPSA) is 87.0 Å². The number of carbonyl (C=O) groups is 1. The molecule has 0 amide bonds. The molecule has 0 spiro atoms. The van der Waals surface area contributed by atoms with Crippen molar-refractivity contribution in [1.82, 2.24) is 0 Å². The monoisotopic (exact) mass is 418 g/mol. The zero-order chi connectivity index (χ0) is 22.3. The third-order valence-electron chi connectivity index (χ3n) is 6.43. The molecule has 30 heavy (non-hydrogen) atoms. The number of aliphatic hydroxyl groups excluding tert-OH is 3. The summed E-state index contributed by atoms with van der Waals surface area (Å²) < 4.78 is 4.59. The summed E-state index contributed by atoms with van der Waals surface area (Å²) >= 11 is 0.